The van der Waals surface area contributed by atoms with Crippen LogP contribution >= 0.6 is 11.6 Å². The van der Waals surface area contributed by atoms with E-state index < -0.39 is 11.5 Å². The molecular formula is C10H15ClN4O3. The number of carboxylic acid groups (broad SMARTS) is 1. The van der Waals surface area contributed by atoms with Gasteiger partial charge in [0.2, 0.25) is 11.2 Å². The Hall–Kier alpha value is -1.63. The van der Waals surface area contributed by atoms with Crippen LogP contribution in [0.25, 0.3) is 0 Å². The number of likely N-dealkylation sites (N-methyl/N-ethyl adjacent to an activating group) is 1. The van der Waals surface area contributed by atoms with E-state index in [1.165, 1.54) is 12.0 Å². The average molecular weight is 275 g/mol. The van der Waals surface area contributed by atoms with Gasteiger partial charge in [-0.2, -0.15) is 15.0 Å². The number of aromatic nitrogens is 3. The molecule has 0 aliphatic heterocycles. The monoisotopic (exact) mass is 274 g/mol. The van der Waals surface area contributed by atoms with Crippen LogP contribution in [0.3, 0.4) is 0 Å². The first-order valence-electron chi connectivity index (χ1n) is 5.29. The Morgan fingerprint density at radius 2 is 2.06 bits per heavy atom. The van der Waals surface area contributed by atoms with Gasteiger partial charge in [-0.25, -0.2) is 4.79 Å². The normalized spacial score (nSPS) is 11.2. The number of rotatable bonds is 5. The molecular weight excluding hydrogens is 260 g/mol. The van der Waals surface area contributed by atoms with Gasteiger partial charge in [-0.15, -0.1) is 0 Å². The van der Waals surface area contributed by atoms with Gasteiger partial charge in [0.05, 0.1) is 7.11 Å². The lowest BCUT2D eigenvalue weighted by Crippen LogP contribution is -2.51. The second-order valence-electron chi connectivity index (χ2n) is 4.00. The summed E-state index contributed by atoms with van der Waals surface area (Å²) in [6.07, 6.45) is 0. The molecule has 0 fully saturated rings. The number of ether oxygens (including phenoxy) is 1. The van der Waals surface area contributed by atoms with Crippen molar-refractivity contribution in [2.45, 2.75) is 26.3 Å². The van der Waals surface area contributed by atoms with Crippen LogP contribution in [0.2, 0.25) is 5.28 Å². The maximum absolute atomic E-state index is 11.3. The number of methoxy groups -OCH3 is 1. The molecule has 100 valence electrons. The highest BCUT2D eigenvalue weighted by atomic mass is 35.5. The standard InChI is InChI=1S/C10H15ClN4O3/c1-5-15(10(2,3)6(16)17)8-12-7(11)13-9(14-8)18-4/h5H2,1-4H3,(H,16,17). The SMILES string of the molecule is CCN(c1nc(Cl)nc(OC)n1)C(C)(C)C(=O)O. The lowest BCUT2D eigenvalue weighted by atomic mass is 10.0. The molecule has 1 aromatic rings. The molecule has 1 heterocycles. The van der Waals surface area contributed by atoms with E-state index in [1.807, 2.05) is 0 Å². The Bertz CT molecular complexity index is 453. The lowest BCUT2D eigenvalue weighted by Gasteiger charge is -2.34. The number of halogens is 1. The number of hydrogen-bond acceptors (Lipinski definition) is 6. The van der Waals surface area contributed by atoms with Crippen molar-refractivity contribution in [3.05, 3.63) is 5.28 Å². The van der Waals surface area contributed by atoms with Crippen LogP contribution in [-0.4, -0.2) is 45.2 Å². The van der Waals surface area contributed by atoms with Crippen molar-refractivity contribution in [3.63, 3.8) is 0 Å². The minimum atomic E-state index is -1.16. The third kappa shape index (κ3) is 2.79. The van der Waals surface area contributed by atoms with Crippen molar-refractivity contribution in [3.8, 4) is 6.01 Å². The molecule has 0 atom stereocenters. The Morgan fingerprint density at radius 1 is 1.44 bits per heavy atom. The maximum Gasteiger partial charge on any atom is 0.329 e. The van der Waals surface area contributed by atoms with Crippen molar-refractivity contribution in [2.75, 3.05) is 18.6 Å². The van der Waals surface area contributed by atoms with Gasteiger partial charge in [0, 0.05) is 6.54 Å². The van der Waals surface area contributed by atoms with Gasteiger partial charge in [0.15, 0.2) is 0 Å². The van der Waals surface area contributed by atoms with Crippen LogP contribution in [0.15, 0.2) is 0 Å². The molecule has 1 rings (SSSR count). The van der Waals surface area contributed by atoms with Crippen LogP contribution in [0, 0.1) is 0 Å². The Labute approximate surface area is 110 Å². The second kappa shape index (κ2) is 5.34. The van der Waals surface area contributed by atoms with Crippen molar-refractivity contribution >= 4 is 23.5 Å². The number of hydrogen-bond donors (Lipinski definition) is 1. The van der Waals surface area contributed by atoms with Crippen molar-refractivity contribution < 1.29 is 14.6 Å². The number of nitrogens with zero attached hydrogens (tertiary/aromatic N) is 4. The quantitative estimate of drug-likeness (QED) is 0.863. The van der Waals surface area contributed by atoms with Gasteiger partial charge in [0.25, 0.3) is 0 Å². The first-order chi connectivity index (χ1) is 8.32. The first kappa shape index (κ1) is 14.4. The summed E-state index contributed by atoms with van der Waals surface area (Å²) in [4.78, 5) is 24.4. The first-order valence-corrected chi connectivity index (χ1v) is 5.67. The summed E-state index contributed by atoms with van der Waals surface area (Å²) in [7, 11) is 1.40. The van der Waals surface area contributed by atoms with E-state index in [2.05, 4.69) is 15.0 Å². The van der Waals surface area contributed by atoms with Crippen molar-refractivity contribution in [1.29, 1.82) is 0 Å². The summed E-state index contributed by atoms with van der Waals surface area (Å²) in [6.45, 7) is 5.32. The summed E-state index contributed by atoms with van der Waals surface area (Å²) < 4.78 is 4.88. The predicted molar refractivity (Wildman–Crippen MR) is 66.1 cm³/mol. The number of aliphatic carboxylic acids is 1. The van der Waals surface area contributed by atoms with Crippen molar-refractivity contribution in [1.82, 2.24) is 15.0 Å². The highest BCUT2D eigenvalue weighted by molar-refractivity contribution is 6.28. The molecule has 7 nitrogen and oxygen atoms in total. The molecule has 0 unspecified atom stereocenters. The molecule has 0 radical (unpaired) electrons. The topological polar surface area (TPSA) is 88.4 Å². The zero-order valence-electron chi connectivity index (χ0n) is 10.6. The lowest BCUT2D eigenvalue weighted by molar-refractivity contribution is -0.142. The Morgan fingerprint density at radius 3 is 2.50 bits per heavy atom. The maximum atomic E-state index is 11.3. The van der Waals surface area contributed by atoms with Gasteiger partial charge in [-0.1, -0.05) is 0 Å². The zero-order chi connectivity index (χ0) is 13.9. The summed E-state index contributed by atoms with van der Waals surface area (Å²) in [5, 5.41) is 9.18. The van der Waals surface area contributed by atoms with Gasteiger partial charge in [-0.05, 0) is 32.4 Å². The predicted octanol–water partition coefficient (Wildman–Crippen LogP) is 1.22. The highest BCUT2D eigenvalue weighted by Crippen LogP contribution is 2.23. The molecule has 0 saturated carbocycles. The molecule has 1 aromatic heterocycles. The van der Waals surface area contributed by atoms with E-state index in [0.29, 0.717) is 6.54 Å². The number of carboxylic acids is 1. The molecule has 0 aromatic carbocycles. The fraction of sp³-hybridized carbons (Fsp3) is 0.600. The molecule has 0 amide bonds. The van der Waals surface area contributed by atoms with Crippen LogP contribution in [0.4, 0.5) is 5.95 Å². The van der Waals surface area contributed by atoms with Crippen LogP contribution in [0.1, 0.15) is 20.8 Å². The molecule has 0 saturated heterocycles. The van der Waals surface area contributed by atoms with Crippen LogP contribution in [-0.2, 0) is 4.79 Å². The van der Waals surface area contributed by atoms with E-state index in [1.54, 1.807) is 20.8 Å². The molecule has 0 spiro atoms. The van der Waals surface area contributed by atoms with Crippen LogP contribution in [0.5, 0.6) is 6.01 Å². The van der Waals surface area contributed by atoms with Gasteiger partial charge in [0.1, 0.15) is 5.54 Å². The Kier molecular flexibility index (Phi) is 4.28. The molecule has 8 heteroatoms. The highest BCUT2D eigenvalue weighted by Gasteiger charge is 2.35. The van der Waals surface area contributed by atoms with Crippen molar-refractivity contribution in [2.24, 2.45) is 0 Å². The summed E-state index contributed by atoms with van der Waals surface area (Å²) in [5.74, 6) is -0.818. The molecule has 18 heavy (non-hydrogen) atoms. The summed E-state index contributed by atoms with van der Waals surface area (Å²) >= 11 is 5.74. The molecule has 0 bridgehead atoms. The molecule has 1 N–H and O–H groups in total. The minimum Gasteiger partial charge on any atom is -0.480 e. The zero-order valence-corrected chi connectivity index (χ0v) is 11.4. The van der Waals surface area contributed by atoms with Gasteiger partial charge in [-0.3, -0.25) is 0 Å². The van der Waals surface area contributed by atoms with E-state index in [9.17, 15) is 9.90 Å². The fourth-order valence-corrected chi connectivity index (χ4v) is 1.58. The second-order valence-corrected chi connectivity index (χ2v) is 4.34. The third-order valence-electron chi connectivity index (χ3n) is 2.51. The number of anilines is 1. The van der Waals surface area contributed by atoms with Gasteiger partial charge < -0.3 is 14.7 Å². The van der Waals surface area contributed by atoms with E-state index in [4.69, 9.17) is 16.3 Å². The van der Waals surface area contributed by atoms with Gasteiger partial charge >= 0.3 is 12.0 Å². The smallest absolute Gasteiger partial charge is 0.329 e. The number of carbonyl (C=O) groups is 1. The minimum absolute atomic E-state index is 0.0449. The molecule has 0 aliphatic carbocycles. The van der Waals surface area contributed by atoms with E-state index >= 15 is 0 Å². The van der Waals surface area contributed by atoms with E-state index in [0.717, 1.165) is 0 Å². The third-order valence-corrected chi connectivity index (χ3v) is 2.68. The van der Waals surface area contributed by atoms with Crippen LogP contribution < -0.4 is 9.64 Å². The fourth-order valence-electron chi connectivity index (χ4n) is 1.44. The summed E-state index contributed by atoms with van der Waals surface area (Å²) in [5.41, 5.74) is -1.16. The Balaban J connectivity index is 3.24. The summed E-state index contributed by atoms with van der Waals surface area (Å²) in [6, 6.07) is 0.0460. The van der Waals surface area contributed by atoms with E-state index in [-0.39, 0.29) is 17.2 Å². The largest absolute Gasteiger partial charge is 0.480 e. The average Bonchev–Trinajstić information content (AvgIpc) is 2.28. The molecule has 0 aliphatic rings.